The zero-order chi connectivity index (χ0) is 20.3. The van der Waals surface area contributed by atoms with Gasteiger partial charge in [0.15, 0.2) is 0 Å². The lowest BCUT2D eigenvalue weighted by atomic mass is 10.0. The molecule has 0 aliphatic rings. The number of aromatic nitrogens is 4. The van der Waals surface area contributed by atoms with E-state index in [1.165, 1.54) is 0 Å². The van der Waals surface area contributed by atoms with Crippen molar-refractivity contribution >= 4 is 10.8 Å². The van der Waals surface area contributed by atoms with E-state index in [0.717, 1.165) is 44.5 Å². The molecule has 5 rings (SSSR count). The monoisotopic (exact) mass is 392 g/mol. The van der Waals surface area contributed by atoms with Crippen molar-refractivity contribution in [1.82, 2.24) is 20.0 Å². The average Bonchev–Trinajstić information content (AvgIpc) is 3.27. The number of ether oxygens (including phenoxy) is 1. The minimum absolute atomic E-state index is 0.650. The molecule has 0 N–H and O–H groups in total. The molecule has 0 fully saturated rings. The maximum absolute atomic E-state index is 5.47. The minimum atomic E-state index is 0.650. The molecule has 5 heteroatoms. The molecule has 0 radical (unpaired) electrons. The summed E-state index contributed by atoms with van der Waals surface area (Å²) in [6.07, 6.45) is 5.68. The van der Waals surface area contributed by atoms with E-state index in [0.29, 0.717) is 6.54 Å². The second kappa shape index (κ2) is 7.79. The van der Waals surface area contributed by atoms with Crippen LogP contribution < -0.4 is 4.74 Å². The molecule has 30 heavy (non-hydrogen) atoms. The van der Waals surface area contributed by atoms with E-state index < -0.39 is 0 Å². The van der Waals surface area contributed by atoms with Gasteiger partial charge < -0.3 is 4.74 Å². The summed E-state index contributed by atoms with van der Waals surface area (Å²) < 4.78 is 7.33. The third-order valence-electron chi connectivity index (χ3n) is 5.20. The minimum Gasteiger partial charge on any atom is -0.496 e. The van der Waals surface area contributed by atoms with Crippen LogP contribution in [0.25, 0.3) is 33.2 Å². The van der Waals surface area contributed by atoms with Crippen LogP contribution in [0.4, 0.5) is 0 Å². The highest BCUT2D eigenvalue weighted by molar-refractivity contribution is 5.94. The molecule has 0 unspecified atom stereocenters. The zero-order valence-electron chi connectivity index (χ0n) is 16.6. The van der Waals surface area contributed by atoms with E-state index in [-0.39, 0.29) is 0 Å². The van der Waals surface area contributed by atoms with Gasteiger partial charge in [0.25, 0.3) is 0 Å². The van der Waals surface area contributed by atoms with Gasteiger partial charge in [-0.15, -0.1) is 5.10 Å². The molecule has 0 aliphatic carbocycles. The van der Waals surface area contributed by atoms with Crippen molar-refractivity contribution in [2.24, 2.45) is 0 Å². The topological polar surface area (TPSA) is 52.8 Å². The summed E-state index contributed by atoms with van der Waals surface area (Å²) >= 11 is 0. The first kappa shape index (κ1) is 18.1. The van der Waals surface area contributed by atoms with Crippen molar-refractivity contribution in [1.29, 1.82) is 0 Å². The molecule has 2 aromatic heterocycles. The third kappa shape index (κ3) is 3.42. The standard InChI is InChI=1S/C25H20N4O/c1-30-25-9-5-4-8-22(25)19-12-10-18(11-13-19)16-29-17-24(27-28-29)23-15-26-14-20-6-2-3-7-21(20)23/h2-15,17H,16H2,1H3. The second-order valence-electron chi connectivity index (χ2n) is 7.11. The summed E-state index contributed by atoms with van der Waals surface area (Å²) in [5, 5.41) is 10.9. The fourth-order valence-electron chi connectivity index (χ4n) is 3.68. The number of benzene rings is 3. The SMILES string of the molecule is COc1ccccc1-c1ccc(Cn2cc(-c3cncc4ccccc34)nn2)cc1. The van der Waals surface area contributed by atoms with Gasteiger partial charge >= 0.3 is 0 Å². The first-order valence-corrected chi connectivity index (χ1v) is 9.77. The van der Waals surface area contributed by atoms with Crippen molar-refractivity contribution in [2.75, 3.05) is 7.11 Å². The lowest BCUT2D eigenvalue weighted by Gasteiger charge is -2.09. The fourth-order valence-corrected chi connectivity index (χ4v) is 3.68. The van der Waals surface area contributed by atoms with Crippen molar-refractivity contribution in [3.8, 4) is 28.1 Å². The lowest BCUT2D eigenvalue weighted by Crippen LogP contribution is -2.00. The Morgan fingerprint density at radius 1 is 0.833 bits per heavy atom. The van der Waals surface area contributed by atoms with Crippen LogP contribution in [-0.2, 0) is 6.54 Å². The highest BCUT2D eigenvalue weighted by Gasteiger charge is 2.09. The van der Waals surface area contributed by atoms with Crippen LogP contribution in [-0.4, -0.2) is 27.1 Å². The number of rotatable bonds is 5. The summed E-state index contributed by atoms with van der Waals surface area (Å²) in [6.45, 7) is 0.650. The number of nitrogens with zero attached hydrogens (tertiary/aromatic N) is 4. The molecule has 5 aromatic rings. The summed E-state index contributed by atoms with van der Waals surface area (Å²) in [6, 6.07) is 24.7. The van der Waals surface area contributed by atoms with E-state index in [9.17, 15) is 0 Å². The van der Waals surface area contributed by atoms with Crippen LogP contribution in [0, 0.1) is 0 Å². The largest absolute Gasteiger partial charge is 0.496 e. The van der Waals surface area contributed by atoms with Gasteiger partial charge in [-0.05, 0) is 22.6 Å². The highest BCUT2D eigenvalue weighted by atomic mass is 16.5. The molecule has 3 aromatic carbocycles. The molecule has 5 nitrogen and oxygen atoms in total. The lowest BCUT2D eigenvalue weighted by molar-refractivity contribution is 0.416. The molecule has 0 saturated carbocycles. The van der Waals surface area contributed by atoms with Gasteiger partial charge in [0, 0.05) is 28.9 Å². The van der Waals surface area contributed by atoms with Gasteiger partial charge in [0.2, 0.25) is 0 Å². The molecular weight excluding hydrogens is 372 g/mol. The molecule has 0 aliphatic heterocycles. The highest BCUT2D eigenvalue weighted by Crippen LogP contribution is 2.30. The number of hydrogen-bond acceptors (Lipinski definition) is 4. The van der Waals surface area contributed by atoms with Crippen LogP contribution in [0.5, 0.6) is 5.75 Å². The van der Waals surface area contributed by atoms with E-state index in [4.69, 9.17) is 4.74 Å². The van der Waals surface area contributed by atoms with Gasteiger partial charge in [-0.2, -0.15) is 0 Å². The molecule has 0 spiro atoms. The summed E-state index contributed by atoms with van der Waals surface area (Å²) in [7, 11) is 1.70. The summed E-state index contributed by atoms with van der Waals surface area (Å²) in [5.74, 6) is 0.870. The van der Waals surface area contributed by atoms with Crippen LogP contribution in [0.2, 0.25) is 0 Å². The van der Waals surface area contributed by atoms with Crippen LogP contribution in [0.3, 0.4) is 0 Å². The predicted molar refractivity (Wildman–Crippen MR) is 118 cm³/mol. The molecular formula is C25H20N4O. The number of para-hydroxylation sites is 1. The zero-order valence-corrected chi connectivity index (χ0v) is 16.6. The smallest absolute Gasteiger partial charge is 0.126 e. The Morgan fingerprint density at radius 2 is 1.63 bits per heavy atom. The Kier molecular flexibility index (Phi) is 4.69. The van der Waals surface area contributed by atoms with E-state index in [1.807, 2.05) is 53.6 Å². The van der Waals surface area contributed by atoms with Crippen molar-refractivity contribution < 1.29 is 4.74 Å². The number of methoxy groups -OCH3 is 1. The predicted octanol–water partition coefficient (Wildman–Crippen LogP) is 5.22. The average molecular weight is 392 g/mol. The Balaban J connectivity index is 1.39. The molecule has 2 heterocycles. The van der Waals surface area contributed by atoms with Gasteiger partial charge in [-0.25, -0.2) is 4.68 Å². The van der Waals surface area contributed by atoms with Gasteiger partial charge in [0.05, 0.1) is 19.9 Å². The second-order valence-corrected chi connectivity index (χ2v) is 7.11. The Morgan fingerprint density at radius 3 is 2.50 bits per heavy atom. The Bertz CT molecular complexity index is 1300. The van der Waals surface area contributed by atoms with E-state index in [1.54, 1.807) is 7.11 Å². The number of fused-ring (bicyclic) bond motifs is 1. The first-order chi connectivity index (χ1) is 14.8. The van der Waals surface area contributed by atoms with Crippen molar-refractivity contribution in [3.63, 3.8) is 0 Å². The third-order valence-corrected chi connectivity index (χ3v) is 5.20. The maximum Gasteiger partial charge on any atom is 0.126 e. The Labute approximate surface area is 174 Å². The fraction of sp³-hybridized carbons (Fsp3) is 0.0800. The van der Waals surface area contributed by atoms with E-state index in [2.05, 4.69) is 57.8 Å². The molecule has 0 saturated heterocycles. The molecule has 146 valence electrons. The summed E-state index contributed by atoms with van der Waals surface area (Å²) in [4.78, 5) is 4.35. The molecule has 0 atom stereocenters. The van der Waals surface area contributed by atoms with Crippen LogP contribution >= 0.6 is 0 Å². The van der Waals surface area contributed by atoms with Gasteiger partial charge in [-0.3, -0.25) is 4.98 Å². The molecule has 0 amide bonds. The summed E-state index contributed by atoms with van der Waals surface area (Å²) in [5.41, 5.74) is 5.17. The van der Waals surface area contributed by atoms with Crippen molar-refractivity contribution in [3.05, 3.63) is 97.0 Å². The van der Waals surface area contributed by atoms with Gasteiger partial charge in [-0.1, -0.05) is 71.9 Å². The molecule has 0 bridgehead atoms. The first-order valence-electron chi connectivity index (χ1n) is 9.77. The number of pyridine rings is 1. The Hall–Kier alpha value is -3.99. The van der Waals surface area contributed by atoms with E-state index >= 15 is 0 Å². The van der Waals surface area contributed by atoms with Gasteiger partial charge in [0.1, 0.15) is 11.4 Å². The maximum atomic E-state index is 5.47. The van der Waals surface area contributed by atoms with Crippen molar-refractivity contribution in [2.45, 2.75) is 6.54 Å². The van der Waals surface area contributed by atoms with Crippen LogP contribution in [0.1, 0.15) is 5.56 Å². The van der Waals surface area contributed by atoms with Crippen LogP contribution in [0.15, 0.2) is 91.4 Å². The quantitative estimate of drug-likeness (QED) is 0.412. The normalized spacial score (nSPS) is 11.0. The number of hydrogen-bond donors (Lipinski definition) is 0.